The normalized spacial score (nSPS) is 17.5. The first kappa shape index (κ1) is 29.4. The van der Waals surface area contributed by atoms with E-state index in [9.17, 15) is 24.3 Å². The molecule has 15 nitrogen and oxygen atoms in total. The number of carbonyl (C=O) groups is 4. The molecule has 0 saturated carbocycles. The highest BCUT2D eigenvalue weighted by atomic mass is 19.1. The van der Waals surface area contributed by atoms with Crippen molar-refractivity contribution in [2.75, 3.05) is 62.8 Å². The Morgan fingerprint density at radius 3 is 2.56 bits per heavy atom. The second kappa shape index (κ2) is 12.4. The van der Waals surface area contributed by atoms with Gasteiger partial charge in [0, 0.05) is 56.9 Å². The molecule has 2 aliphatic heterocycles. The first-order chi connectivity index (χ1) is 20.7. The SMILES string of the molecule is COC(=O)NC[C@H]1CN(c2cc(F)c(N3CCN(C(=O)[C@H](CO)NC(=O)c4cn5ccncc5n4)CC3)c(F)c2)C(=O)O1. The van der Waals surface area contributed by atoms with Crippen LogP contribution in [-0.4, -0.2) is 114 Å². The molecule has 1 aromatic carbocycles. The van der Waals surface area contributed by atoms with Gasteiger partial charge in [-0.1, -0.05) is 0 Å². The standard InChI is InChI=1S/C26H28F2N8O7/c1-42-25(40)30-10-16-12-36(26(41)43-16)15-8-17(27)22(18(28)9-15)33-4-6-34(7-5-33)24(39)20(14-37)32-23(38)19-13-35-3-2-29-11-21(35)31-19/h2-3,8-9,11,13,16,20,37H,4-7,10,12,14H2,1H3,(H,30,40)(H,32,38)/t16-,20-/m0/s1. The fourth-order valence-electron chi connectivity index (χ4n) is 4.86. The number of anilines is 2. The fraction of sp³-hybridized carbons (Fsp3) is 0.385. The molecule has 2 aromatic heterocycles. The number of amides is 4. The molecule has 17 heteroatoms. The number of aromatic nitrogens is 3. The van der Waals surface area contributed by atoms with Crippen molar-refractivity contribution in [2.24, 2.45) is 0 Å². The molecule has 228 valence electrons. The van der Waals surface area contributed by atoms with E-state index in [-0.39, 0.29) is 56.3 Å². The van der Waals surface area contributed by atoms with Crippen LogP contribution in [0.25, 0.3) is 5.65 Å². The molecule has 3 N–H and O–H groups in total. The number of halogens is 2. The number of aliphatic hydroxyl groups excluding tert-OH is 1. The van der Waals surface area contributed by atoms with Gasteiger partial charge in [0.1, 0.15) is 23.5 Å². The Morgan fingerprint density at radius 2 is 1.91 bits per heavy atom. The van der Waals surface area contributed by atoms with Gasteiger partial charge in [0.15, 0.2) is 17.3 Å². The molecule has 0 unspecified atom stereocenters. The van der Waals surface area contributed by atoms with Crippen LogP contribution in [0, 0.1) is 11.6 Å². The molecule has 4 heterocycles. The minimum Gasteiger partial charge on any atom is -0.453 e. The number of hydrogen-bond acceptors (Lipinski definition) is 10. The summed E-state index contributed by atoms with van der Waals surface area (Å²) in [5.74, 6) is -3.04. The largest absolute Gasteiger partial charge is 0.453 e. The Hall–Kier alpha value is -5.06. The minimum absolute atomic E-state index is 0.0361. The summed E-state index contributed by atoms with van der Waals surface area (Å²) in [5.41, 5.74) is 0.0943. The number of hydrogen-bond donors (Lipinski definition) is 3. The van der Waals surface area contributed by atoms with Crippen molar-refractivity contribution in [1.29, 1.82) is 0 Å². The number of nitrogens with one attached hydrogen (secondary N) is 2. The number of rotatable bonds is 8. The maximum absolute atomic E-state index is 15.2. The molecule has 43 heavy (non-hydrogen) atoms. The van der Waals surface area contributed by atoms with Gasteiger partial charge >= 0.3 is 12.2 Å². The van der Waals surface area contributed by atoms with Gasteiger partial charge in [-0.05, 0) is 0 Å². The van der Waals surface area contributed by atoms with Gasteiger partial charge in [0.25, 0.3) is 5.91 Å². The average molecular weight is 603 g/mol. The Morgan fingerprint density at radius 1 is 1.19 bits per heavy atom. The van der Waals surface area contributed by atoms with Crippen LogP contribution in [0.3, 0.4) is 0 Å². The summed E-state index contributed by atoms with van der Waals surface area (Å²) in [6.07, 6.45) is 3.78. The number of cyclic esters (lactones) is 1. The zero-order valence-corrected chi connectivity index (χ0v) is 22.9. The minimum atomic E-state index is -1.25. The van der Waals surface area contributed by atoms with E-state index in [1.807, 2.05) is 0 Å². The van der Waals surface area contributed by atoms with E-state index >= 15 is 8.78 Å². The number of alkyl carbamates (subject to hydrolysis) is 1. The predicted octanol–water partition coefficient (Wildman–Crippen LogP) is 0.128. The third kappa shape index (κ3) is 6.25. The summed E-state index contributed by atoms with van der Waals surface area (Å²) in [7, 11) is 1.18. The van der Waals surface area contributed by atoms with E-state index in [1.54, 1.807) is 10.6 Å². The number of aliphatic hydroxyl groups is 1. The molecule has 3 aromatic rings. The maximum Gasteiger partial charge on any atom is 0.414 e. The lowest BCUT2D eigenvalue weighted by Crippen LogP contribution is -2.56. The molecule has 2 atom stereocenters. The highest BCUT2D eigenvalue weighted by molar-refractivity contribution is 5.96. The second-order valence-corrected chi connectivity index (χ2v) is 9.74. The van der Waals surface area contributed by atoms with Gasteiger partial charge in [0.2, 0.25) is 5.91 Å². The molecule has 2 aliphatic rings. The Bertz CT molecular complexity index is 1490. The monoisotopic (exact) mass is 602 g/mol. The van der Waals surface area contributed by atoms with Crippen molar-refractivity contribution >= 4 is 41.0 Å². The van der Waals surface area contributed by atoms with E-state index in [1.165, 1.54) is 35.5 Å². The molecule has 4 amide bonds. The third-order valence-corrected chi connectivity index (χ3v) is 7.04. The van der Waals surface area contributed by atoms with Crippen LogP contribution < -0.4 is 20.4 Å². The second-order valence-electron chi connectivity index (χ2n) is 9.74. The van der Waals surface area contributed by atoms with Gasteiger partial charge in [-0.3, -0.25) is 19.5 Å². The number of methoxy groups -OCH3 is 1. The number of nitrogens with zero attached hydrogens (tertiary/aromatic N) is 6. The van der Waals surface area contributed by atoms with Crippen LogP contribution in [0.1, 0.15) is 10.5 Å². The molecule has 5 rings (SSSR count). The smallest absolute Gasteiger partial charge is 0.414 e. The topological polar surface area (TPSA) is 171 Å². The molecule has 2 saturated heterocycles. The van der Waals surface area contributed by atoms with Crippen molar-refractivity contribution in [2.45, 2.75) is 12.1 Å². The van der Waals surface area contributed by atoms with Crippen molar-refractivity contribution in [3.8, 4) is 0 Å². The van der Waals surface area contributed by atoms with Crippen LogP contribution in [0.5, 0.6) is 0 Å². The fourth-order valence-corrected chi connectivity index (χ4v) is 4.86. The average Bonchev–Trinajstić information content (AvgIpc) is 3.61. The molecule has 0 aliphatic carbocycles. The number of ether oxygens (including phenoxy) is 2. The van der Waals surface area contributed by atoms with Crippen molar-refractivity contribution in [3.63, 3.8) is 0 Å². The van der Waals surface area contributed by atoms with Crippen LogP contribution in [0.2, 0.25) is 0 Å². The molecule has 0 radical (unpaired) electrons. The Balaban J connectivity index is 1.19. The molecule has 0 spiro atoms. The molecular weight excluding hydrogens is 574 g/mol. The zero-order valence-electron chi connectivity index (χ0n) is 22.9. The summed E-state index contributed by atoms with van der Waals surface area (Å²) in [4.78, 5) is 61.3. The summed E-state index contributed by atoms with van der Waals surface area (Å²) in [6, 6.07) is 0.779. The van der Waals surface area contributed by atoms with Crippen LogP contribution in [0.4, 0.5) is 29.7 Å². The van der Waals surface area contributed by atoms with Crippen LogP contribution >= 0.6 is 0 Å². The number of carbonyl (C=O) groups excluding carboxylic acids is 4. The van der Waals surface area contributed by atoms with E-state index in [4.69, 9.17) is 4.74 Å². The van der Waals surface area contributed by atoms with Crippen molar-refractivity contribution in [1.82, 2.24) is 29.9 Å². The highest BCUT2D eigenvalue weighted by Crippen LogP contribution is 2.31. The summed E-state index contributed by atoms with van der Waals surface area (Å²) < 4.78 is 41.6. The van der Waals surface area contributed by atoms with Crippen LogP contribution in [-0.2, 0) is 14.3 Å². The van der Waals surface area contributed by atoms with Gasteiger partial charge in [-0.25, -0.2) is 23.4 Å². The summed E-state index contributed by atoms with van der Waals surface area (Å²) in [6.45, 7) is -0.477. The first-order valence-corrected chi connectivity index (χ1v) is 13.2. The van der Waals surface area contributed by atoms with Gasteiger partial charge < -0.3 is 39.4 Å². The Labute approximate surface area is 243 Å². The lowest BCUT2D eigenvalue weighted by Gasteiger charge is -2.37. The third-order valence-electron chi connectivity index (χ3n) is 7.04. The van der Waals surface area contributed by atoms with Gasteiger partial charge in [-0.15, -0.1) is 0 Å². The first-order valence-electron chi connectivity index (χ1n) is 13.2. The highest BCUT2D eigenvalue weighted by Gasteiger charge is 2.35. The van der Waals surface area contributed by atoms with E-state index in [2.05, 4.69) is 25.3 Å². The van der Waals surface area contributed by atoms with Crippen molar-refractivity contribution < 1.29 is 42.5 Å². The van der Waals surface area contributed by atoms with E-state index < -0.39 is 54.4 Å². The summed E-state index contributed by atoms with van der Waals surface area (Å²) in [5, 5.41) is 14.7. The lowest BCUT2D eigenvalue weighted by molar-refractivity contribution is -0.134. The number of benzene rings is 1. The Kier molecular flexibility index (Phi) is 8.51. The number of imidazole rings is 1. The molecule has 0 bridgehead atoms. The quantitative estimate of drug-likeness (QED) is 0.322. The lowest BCUT2D eigenvalue weighted by atomic mass is 10.1. The van der Waals surface area contributed by atoms with E-state index in [0.717, 1.165) is 17.0 Å². The number of piperazine rings is 1. The van der Waals surface area contributed by atoms with Crippen molar-refractivity contribution in [3.05, 3.63) is 54.2 Å². The maximum atomic E-state index is 15.2. The van der Waals surface area contributed by atoms with Crippen LogP contribution in [0.15, 0.2) is 36.9 Å². The molecular formula is C26H28F2N8O7. The number of fused-ring (bicyclic) bond motifs is 1. The predicted molar refractivity (Wildman–Crippen MR) is 145 cm³/mol. The van der Waals surface area contributed by atoms with E-state index in [0.29, 0.717) is 5.65 Å². The summed E-state index contributed by atoms with van der Waals surface area (Å²) >= 11 is 0. The molecule has 2 fully saturated rings. The zero-order chi connectivity index (χ0) is 30.7. The van der Waals surface area contributed by atoms with Gasteiger partial charge in [0.05, 0.1) is 38.7 Å². The van der Waals surface area contributed by atoms with Gasteiger partial charge in [-0.2, -0.15) is 0 Å².